The number of carbonyl (C=O) groups excluding carboxylic acids is 4. The summed E-state index contributed by atoms with van der Waals surface area (Å²) in [6, 6.07) is 8.14. The molecule has 1 aromatic rings. The number of esters is 1. The van der Waals surface area contributed by atoms with Gasteiger partial charge in [-0.3, -0.25) is 19.2 Å². The SMILES string of the molecule is CC(=O)C[C@@H]1N(Cc2ccccc2)C(=O)[C@@H]2N(C3CCCC3)C(=O)[C@H]3CC(=O)O[C@]312. The molecule has 3 aliphatic heterocycles. The van der Waals surface area contributed by atoms with Crippen molar-refractivity contribution >= 4 is 23.6 Å². The van der Waals surface area contributed by atoms with Gasteiger partial charge in [-0.2, -0.15) is 0 Å². The summed E-state index contributed by atoms with van der Waals surface area (Å²) in [6.45, 7) is 1.80. The van der Waals surface area contributed by atoms with Crippen molar-refractivity contribution in [1.29, 1.82) is 0 Å². The van der Waals surface area contributed by atoms with Gasteiger partial charge in [0.05, 0.1) is 18.4 Å². The van der Waals surface area contributed by atoms with Crippen LogP contribution in [-0.4, -0.2) is 57.1 Å². The van der Waals surface area contributed by atoms with E-state index in [1.54, 1.807) is 9.80 Å². The lowest BCUT2D eigenvalue weighted by atomic mass is 9.79. The molecule has 0 N–H and O–H groups in total. The molecule has 4 fully saturated rings. The average Bonchev–Trinajstić information content (AvgIpc) is 3.43. The van der Waals surface area contributed by atoms with Gasteiger partial charge in [0, 0.05) is 19.0 Å². The van der Waals surface area contributed by atoms with E-state index in [9.17, 15) is 19.2 Å². The second kappa shape index (κ2) is 6.93. The molecule has 1 aliphatic carbocycles. The van der Waals surface area contributed by atoms with Gasteiger partial charge < -0.3 is 14.5 Å². The fraction of sp³-hybridized carbons (Fsp3) is 0.565. The maximum atomic E-state index is 13.8. The summed E-state index contributed by atoms with van der Waals surface area (Å²) in [5.41, 5.74) is -0.315. The van der Waals surface area contributed by atoms with E-state index in [1.165, 1.54) is 6.92 Å². The van der Waals surface area contributed by atoms with E-state index in [0.29, 0.717) is 6.54 Å². The Hall–Kier alpha value is -2.70. The Morgan fingerprint density at radius 3 is 2.47 bits per heavy atom. The predicted octanol–water partition coefficient (Wildman–Crippen LogP) is 1.83. The number of hydrogen-bond donors (Lipinski definition) is 0. The van der Waals surface area contributed by atoms with Crippen LogP contribution >= 0.6 is 0 Å². The number of benzene rings is 1. The summed E-state index contributed by atoms with van der Waals surface area (Å²) in [5.74, 6) is -1.59. The van der Waals surface area contributed by atoms with Crippen LogP contribution in [-0.2, 0) is 30.5 Å². The number of rotatable bonds is 5. The van der Waals surface area contributed by atoms with Gasteiger partial charge in [0.1, 0.15) is 5.78 Å². The summed E-state index contributed by atoms with van der Waals surface area (Å²) in [7, 11) is 0. The minimum absolute atomic E-state index is 0.00211. The van der Waals surface area contributed by atoms with Crippen molar-refractivity contribution in [2.45, 2.75) is 75.7 Å². The zero-order valence-corrected chi connectivity index (χ0v) is 17.1. The number of carbonyl (C=O) groups is 4. The molecule has 4 aliphatic rings. The maximum absolute atomic E-state index is 13.8. The molecule has 1 aromatic carbocycles. The zero-order chi connectivity index (χ0) is 21.0. The van der Waals surface area contributed by atoms with E-state index < -0.39 is 29.6 Å². The number of Topliss-reactive ketones (excluding diaryl/α,β-unsaturated/α-hetero) is 1. The first-order valence-electron chi connectivity index (χ1n) is 10.8. The molecule has 7 nitrogen and oxygen atoms in total. The first-order valence-corrected chi connectivity index (χ1v) is 10.8. The number of nitrogens with zero attached hydrogens (tertiary/aromatic N) is 2. The van der Waals surface area contributed by atoms with Crippen LogP contribution in [0.2, 0.25) is 0 Å². The van der Waals surface area contributed by atoms with E-state index in [1.807, 2.05) is 30.3 Å². The normalized spacial score (nSPS) is 33.2. The lowest BCUT2D eigenvalue weighted by molar-refractivity contribution is -0.154. The van der Waals surface area contributed by atoms with Crippen molar-refractivity contribution in [1.82, 2.24) is 9.80 Å². The molecule has 0 bridgehead atoms. The lowest BCUT2D eigenvalue weighted by Gasteiger charge is -2.34. The number of likely N-dealkylation sites (tertiary alicyclic amines) is 2. The van der Waals surface area contributed by atoms with Crippen LogP contribution in [0, 0.1) is 5.92 Å². The van der Waals surface area contributed by atoms with Crippen molar-refractivity contribution < 1.29 is 23.9 Å². The Labute approximate surface area is 175 Å². The maximum Gasteiger partial charge on any atom is 0.307 e. The van der Waals surface area contributed by atoms with Crippen LogP contribution in [0.15, 0.2) is 30.3 Å². The first-order chi connectivity index (χ1) is 14.4. The van der Waals surface area contributed by atoms with Gasteiger partial charge in [-0.25, -0.2) is 0 Å². The van der Waals surface area contributed by atoms with Gasteiger partial charge in [0.25, 0.3) is 0 Å². The molecule has 0 radical (unpaired) electrons. The van der Waals surface area contributed by atoms with Crippen molar-refractivity contribution in [3.05, 3.63) is 35.9 Å². The monoisotopic (exact) mass is 410 g/mol. The van der Waals surface area contributed by atoms with Gasteiger partial charge in [-0.15, -0.1) is 0 Å². The molecule has 0 unspecified atom stereocenters. The fourth-order valence-electron chi connectivity index (χ4n) is 6.12. The Kier molecular flexibility index (Phi) is 4.45. The number of ether oxygens (including phenoxy) is 1. The molecule has 1 saturated carbocycles. The highest BCUT2D eigenvalue weighted by atomic mass is 16.6. The quantitative estimate of drug-likeness (QED) is 0.692. The van der Waals surface area contributed by atoms with E-state index in [2.05, 4.69) is 0 Å². The van der Waals surface area contributed by atoms with Gasteiger partial charge in [-0.05, 0) is 25.3 Å². The number of amides is 2. The van der Waals surface area contributed by atoms with Crippen LogP contribution < -0.4 is 0 Å². The van der Waals surface area contributed by atoms with Gasteiger partial charge >= 0.3 is 5.97 Å². The standard InChI is InChI=1S/C23H26N2O5/c1-14(26)11-18-23-17(12-19(27)30-23)21(28)25(16-9-5-6-10-16)20(23)22(29)24(18)13-15-7-3-2-4-8-15/h2-4,7-8,16-18,20H,5-6,9-13H2,1H3/t17-,18+,20+,23-/m1/s1. The summed E-state index contributed by atoms with van der Waals surface area (Å²) >= 11 is 0. The predicted molar refractivity (Wildman–Crippen MR) is 106 cm³/mol. The van der Waals surface area contributed by atoms with Crippen LogP contribution in [0.3, 0.4) is 0 Å². The van der Waals surface area contributed by atoms with Gasteiger partial charge in [0.2, 0.25) is 11.8 Å². The molecule has 0 aromatic heterocycles. The smallest absolute Gasteiger partial charge is 0.307 e. The Morgan fingerprint density at radius 1 is 1.10 bits per heavy atom. The van der Waals surface area contributed by atoms with Crippen molar-refractivity contribution in [2.75, 3.05) is 0 Å². The van der Waals surface area contributed by atoms with E-state index in [4.69, 9.17) is 4.74 Å². The van der Waals surface area contributed by atoms with E-state index in [0.717, 1.165) is 31.2 Å². The fourth-order valence-corrected chi connectivity index (χ4v) is 6.12. The largest absolute Gasteiger partial charge is 0.453 e. The third kappa shape index (κ3) is 2.63. The third-order valence-corrected chi connectivity index (χ3v) is 7.27. The molecule has 30 heavy (non-hydrogen) atoms. The topological polar surface area (TPSA) is 84.0 Å². The molecule has 2 amide bonds. The number of ketones is 1. The summed E-state index contributed by atoms with van der Waals surface area (Å²) in [4.78, 5) is 55.2. The molecule has 1 spiro atoms. The van der Waals surface area contributed by atoms with Gasteiger partial charge in [0.15, 0.2) is 11.6 Å². The third-order valence-electron chi connectivity index (χ3n) is 7.27. The molecule has 3 heterocycles. The van der Waals surface area contributed by atoms with Crippen molar-refractivity contribution in [3.8, 4) is 0 Å². The van der Waals surface area contributed by atoms with E-state index >= 15 is 0 Å². The summed E-state index contributed by atoms with van der Waals surface area (Å²) in [6.07, 6.45) is 3.84. The van der Waals surface area contributed by atoms with Crippen molar-refractivity contribution in [3.63, 3.8) is 0 Å². The molecule has 4 atom stereocenters. The highest BCUT2D eigenvalue weighted by Gasteiger charge is 2.77. The Bertz CT molecular complexity index is 909. The first kappa shape index (κ1) is 19.3. The molecule has 3 saturated heterocycles. The van der Waals surface area contributed by atoms with Crippen LogP contribution in [0.4, 0.5) is 0 Å². The summed E-state index contributed by atoms with van der Waals surface area (Å²) < 4.78 is 5.89. The summed E-state index contributed by atoms with van der Waals surface area (Å²) in [5, 5.41) is 0. The van der Waals surface area contributed by atoms with Gasteiger partial charge in [-0.1, -0.05) is 43.2 Å². The van der Waals surface area contributed by atoms with Crippen molar-refractivity contribution in [2.24, 2.45) is 5.92 Å². The molecule has 158 valence electrons. The number of hydrogen-bond acceptors (Lipinski definition) is 5. The highest BCUT2D eigenvalue weighted by Crippen LogP contribution is 2.55. The second-order valence-electron chi connectivity index (χ2n) is 9.04. The minimum Gasteiger partial charge on any atom is -0.453 e. The second-order valence-corrected chi connectivity index (χ2v) is 9.04. The molecule has 5 rings (SSSR count). The van der Waals surface area contributed by atoms with Crippen LogP contribution in [0.25, 0.3) is 0 Å². The molecular formula is C23H26N2O5. The molecular weight excluding hydrogens is 384 g/mol. The lowest BCUT2D eigenvalue weighted by Crippen LogP contribution is -2.53. The van der Waals surface area contributed by atoms with Crippen LogP contribution in [0.1, 0.15) is 51.0 Å². The Morgan fingerprint density at radius 2 is 1.80 bits per heavy atom. The van der Waals surface area contributed by atoms with Crippen LogP contribution in [0.5, 0.6) is 0 Å². The van der Waals surface area contributed by atoms with E-state index in [-0.39, 0.29) is 36.5 Å². The average molecular weight is 410 g/mol. The highest BCUT2D eigenvalue weighted by molar-refractivity contribution is 6.02. The zero-order valence-electron chi connectivity index (χ0n) is 17.1. The minimum atomic E-state index is -1.26. The molecule has 7 heteroatoms. The Balaban J connectivity index is 1.60.